The van der Waals surface area contributed by atoms with Gasteiger partial charge in [-0.2, -0.15) is 0 Å². The second kappa shape index (κ2) is 16.4. The van der Waals surface area contributed by atoms with Crippen LogP contribution in [0.25, 0.3) is 42.9 Å². The fourth-order valence-electron chi connectivity index (χ4n) is 10.4. The van der Waals surface area contributed by atoms with E-state index in [1.165, 1.54) is 70.3 Å². The molecule has 6 atom stereocenters. The van der Waals surface area contributed by atoms with Crippen molar-refractivity contribution in [1.29, 1.82) is 0 Å². The molecule has 0 amide bonds. The Bertz CT molecular complexity index is 3030. The number of benzene rings is 5. The third-order valence-corrected chi connectivity index (χ3v) is 14.8. The summed E-state index contributed by atoms with van der Waals surface area (Å²) in [7, 11) is 0. The molecule has 63 heavy (non-hydrogen) atoms. The summed E-state index contributed by atoms with van der Waals surface area (Å²) in [6.07, 6.45) is 27.9. The van der Waals surface area contributed by atoms with E-state index in [4.69, 9.17) is 9.98 Å². The Hall–Kier alpha value is -6.38. The maximum absolute atomic E-state index is 5.62. The Kier molecular flexibility index (Phi) is 9.97. The van der Waals surface area contributed by atoms with Crippen LogP contribution in [0.3, 0.4) is 0 Å². The fourth-order valence-corrected chi connectivity index (χ4v) is 11.6. The molecular weight excluding hydrogens is 789 g/mol. The summed E-state index contributed by atoms with van der Waals surface area (Å²) in [6, 6.07) is 40.6. The summed E-state index contributed by atoms with van der Waals surface area (Å²) in [4.78, 5) is 11.1. The highest BCUT2D eigenvalue weighted by molar-refractivity contribution is 7.25. The number of aryl methyl sites for hydroxylation is 1. The molecule has 0 radical (unpaired) electrons. The normalized spacial score (nSPS) is 25.0. The first-order valence-corrected chi connectivity index (χ1v) is 23.5. The molecular formula is C56H50N6S. The minimum Gasteiger partial charge on any atom is -0.354 e. The van der Waals surface area contributed by atoms with Crippen molar-refractivity contribution >= 4 is 54.8 Å². The number of aliphatic imine (C=N–C) groups is 2. The smallest absolute Gasteiger partial charge is 0.131 e. The fraction of sp³-hybridized carbons (Fsp3) is 0.214. The van der Waals surface area contributed by atoms with Crippen LogP contribution in [0.2, 0.25) is 0 Å². The first-order valence-electron chi connectivity index (χ1n) is 22.7. The molecule has 4 N–H and O–H groups in total. The molecule has 0 bridgehead atoms. The highest BCUT2D eigenvalue weighted by atomic mass is 32.1. The molecule has 4 aliphatic carbocycles. The number of thiophene rings is 1. The first-order chi connectivity index (χ1) is 31.2. The number of allylic oxidation sites excluding steroid dienone is 8. The van der Waals surface area contributed by atoms with Gasteiger partial charge in [-0.1, -0.05) is 140 Å². The van der Waals surface area contributed by atoms with Gasteiger partial charge in [0.1, 0.15) is 30.2 Å². The number of amidine groups is 2. The lowest BCUT2D eigenvalue weighted by molar-refractivity contribution is 0.328. The van der Waals surface area contributed by atoms with E-state index in [1.807, 2.05) is 11.3 Å². The number of nitrogens with zero attached hydrogens (tertiary/aromatic N) is 2. The summed E-state index contributed by atoms with van der Waals surface area (Å²) >= 11 is 1.87. The Balaban J connectivity index is 1.00. The highest BCUT2D eigenvalue weighted by Gasteiger charge is 2.35. The van der Waals surface area contributed by atoms with Gasteiger partial charge in [0.25, 0.3) is 0 Å². The van der Waals surface area contributed by atoms with Crippen LogP contribution < -0.4 is 21.3 Å². The minimum atomic E-state index is -0.290. The Labute approximate surface area is 373 Å². The van der Waals surface area contributed by atoms with Crippen LogP contribution in [0.5, 0.6) is 0 Å². The lowest BCUT2D eigenvalue weighted by Crippen LogP contribution is -2.54. The quantitative estimate of drug-likeness (QED) is 0.129. The third kappa shape index (κ3) is 7.34. The monoisotopic (exact) mass is 838 g/mol. The van der Waals surface area contributed by atoms with Crippen LogP contribution in [0.4, 0.5) is 0 Å². The molecule has 12 rings (SSSR count). The van der Waals surface area contributed by atoms with Crippen molar-refractivity contribution in [3.8, 4) is 11.1 Å². The number of rotatable bonds is 7. The molecule has 1 aromatic heterocycles. The third-order valence-electron chi connectivity index (χ3n) is 13.7. The average Bonchev–Trinajstić information content (AvgIpc) is 3.74. The molecule has 3 heterocycles. The van der Waals surface area contributed by atoms with Gasteiger partial charge in [-0.3, -0.25) is 10.6 Å². The molecule has 0 saturated carbocycles. The van der Waals surface area contributed by atoms with E-state index in [9.17, 15) is 0 Å². The Morgan fingerprint density at radius 3 is 2.46 bits per heavy atom. The number of fused-ring (bicyclic) bond motifs is 5. The molecule has 0 spiro atoms. The molecule has 310 valence electrons. The van der Waals surface area contributed by atoms with Gasteiger partial charge in [-0.25, -0.2) is 9.98 Å². The van der Waals surface area contributed by atoms with Gasteiger partial charge >= 0.3 is 0 Å². The van der Waals surface area contributed by atoms with E-state index < -0.39 is 0 Å². The van der Waals surface area contributed by atoms with Crippen molar-refractivity contribution in [2.75, 3.05) is 0 Å². The lowest BCUT2D eigenvalue weighted by atomic mass is 9.84. The van der Waals surface area contributed by atoms with Crippen LogP contribution in [0.1, 0.15) is 83.7 Å². The maximum Gasteiger partial charge on any atom is 0.131 e. The van der Waals surface area contributed by atoms with Gasteiger partial charge in [-0.15, -0.1) is 11.3 Å². The molecule has 6 aromatic rings. The van der Waals surface area contributed by atoms with E-state index >= 15 is 0 Å². The molecule has 6 nitrogen and oxygen atoms in total. The van der Waals surface area contributed by atoms with Crippen LogP contribution in [0, 0.1) is 5.92 Å². The molecule has 6 aliphatic rings. The van der Waals surface area contributed by atoms with Crippen molar-refractivity contribution in [2.24, 2.45) is 15.9 Å². The second-order valence-corrected chi connectivity index (χ2v) is 18.7. The van der Waals surface area contributed by atoms with Gasteiger partial charge in [0.2, 0.25) is 0 Å². The lowest BCUT2D eigenvalue weighted by Gasteiger charge is -2.38. The standard InChI is InChI=1S/C56H50N6S/c1-3-17-37(18-4-1)51-57-53(61-55(59-51)47-26-13-21-35-15-7-9-23-43(35)47)41-31-40(39-29-30-46-45-25-11-12-28-49(45)63-50(46)34-39)32-42(33-41)54-58-52(38-19-5-2-6-20-38)60-56(62-54)48-27-14-22-36-16-8-10-24-44(36)48/h1-5,7-12,14-17,19,22-26,28-34,37,48,51,53-54,56-57,62H,6,13,18,20-21,27H2,(H,58,60)(H,59,61). The molecule has 5 aromatic carbocycles. The second-order valence-electron chi connectivity index (χ2n) is 17.6. The average molecular weight is 839 g/mol. The van der Waals surface area contributed by atoms with Crippen LogP contribution >= 0.6 is 11.3 Å². The van der Waals surface area contributed by atoms with Gasteiger partial charge in [0.05, 0.1) is 6.17 Å². The molecule has 6 unspecified atom stereocenters. The van der Waals surface area contributed by atoms with E-state index in [2.05, 4.69) is 191 Å². The van der Waals surface area contributed by atoms with Crippen molar-refractivity contribution in [2.45, 2.75) is 69.1 Å². The summed E-state index contributed by atoms with van der Waals surface area (Å²) in [5, 5.41) is 18.6. The predicted octanol–water partition coefficient (Wildman–Crippen LogP) is 12.2. The first kappa shape index (κ1) is 38.3. The minimum absolute atomic E-state index is 0.0135. The van der Waals surface area contributed by atoms with E-state index in [0.29, 0.717) is 0 Å². The van der Waals surface area contributed by atoms with E-state index in [-0.39, 0.29) is 36.5 Å². The van der Waals surface area contributed by atoms with Crippen LogP contribution in [-0.4, -0.2) is 24.0 Å². The zero-order chi connectivity index (χ0) is 41.7. The van der Waals surface area contributed by atoms with Gasteiger partial charge in [0.15, 0.2) is 0 Å². The van der Waals surface area contributed by atoms with Crippen molar-refractivity contribution in [3.05, 3.63) is 203 Å². The number of hydrogen-bond donors (Lipinski definition) is 4. The zero-order valence-electron chi connectivity index (χ0n) is 35.2. The molecule has 7 heteroatoms. The summed E-state index contributed by atoms with van der Waals surface area (Å²) in [5.74, 6) is 2.42. The van der Waals surface area contributed by atoms with Crippen molar-refractivity contribution < 1.29 is 0 Å². The van der Waals surface area contributed by atoms with E-state index in [0.717, 1.165) is 55.8 Å². The number of hydrogen-bond acceptors (Lipinski definition) is 7. The van der Waals surface area contributed by atoms with Gasteiger partial charge < -0.3 is 10.6 Å². The van der Waals surface area contributed by atoms with Crippen LogP contribution in [-0.2, 0) is 6.42 Å². The highest BCUT2D eigenvalue weighted by Crippen LogP contribution is 2.40. The maximum atomic E-state index is 5.62. The topological polar surface area (TPSA) is 72.8 Å². The van der Waals surface area contributed by atoms with Gasteiger partial charge in [0, 0.05) is 37.6 Å². The molecule has 0 saturated heterocycles. The largest absolute Gasteiger partial charge is 0.354 e. The summed E-state index contributed by atoms with van der Waals surface area (Å²) in [6.45, 7) is 0. The number of nitrogens with one attached hydrogen (secondary N) is 4. The molecule has 2 aliphatic heterocycles. The van der Waals surface area contributed by atoms with Crippen LogP contribution in [0.15, 0.2) is 179 Å². The van der Waals surface area contributed by atoms with Crippen molar-refractivity contribution in [3.63, 3.8) is 0 Å². The van der Waals surface area contributed by atoms with Gasteiger partial charge in [-0.05, 0) is 119 Å². The Morgan fingerprint density at radius 2 is 1.52 bits per heavy atom. The summed E-state index contributed by atoms with van der Waals surface area (Å²) < 4.78 is 2.61. The van der Waals surface area contributed by atoms with Crippen molar-refractivity contribution in [1.82, 2.24) is 21.3 Å². The Morgan fingerprint density at radius 1 is 0.635 bits per heavy atom. The van der Waals surface area contributed by atoms with E-state index in [1.54, 1.807) is 0 Å². The predicted molar refractivity (Wildman–Crippen MR) is 264 cm³/mol. The summed E-state index contributed by atoms with van der Waals surface area (Å²) in [5.41, 5.74) is 12.4. The molecule has 0 fully saturated rings. The zero-order valence-corrected chi connectivity index (χ0v) is 36.0. The SMILES string of the molecule is C1=CCCC(C2=NC(C3CC=Cc4ccccc43)NC(c3cc(-c4ccc5c(c4)sc4ccccc45)cc(C4N=C(C5=CCCc6ccccc65)NC(C5C=CC=CC5)N4)c3)N2)=C1.